The second-order valence-corrected chi connectivity index (χ2v) is 11.2. The van der Waals surface area contributed by atoms with Crippen LogP contribution in [0.25, 0.3) is 22.6 Å². The first kappa shape index (κ1) is 29.8. The molecular formula is C18H8Br2N4Na2O8S2. The molecule has 36 heavy (non-hydrogen) atoms. The summed E-state index contributed by atoms with van der Waals surface area (Å²) in [6.07, 6.45) is 0. The Balaban J connectivity index is 0.00000180. The maximum atomic E-state index is 11.8. The van der Waals surface area contributed by atoms with Gasteiger partial charge in [0.1, 0.15) is 46.9 Å². The van der Waals surface area contributed by atoms with Crippen LogP contribution in [-0.2, 0) is 20.2 Å². The molecule has 0 radical (unpaired) electrons. The number of fused-ring (bicyclic) bond motifs is 4. The Morgan fingerprint density at radius 2 is 1.58 bits per heavy atom. The van der Waals surface area contributed by atoms with Crippen LogP contribution in [0.4, 0.5) is 17.1 Å². The molecule has 0 fully saturated rings. The average molecular weight is 678 g/mol. The minimum atomic E-state index is -5.07. The van der Waals surface area contributed by atoms with Gasteiger partial charge in [-0.1, -0.05) is 0 Å². The molecule has 0 bridgehead atoms. The van der Waals surface area contributed by atoms with E-state index in [1.165, 1.54) is 18.2 Å². The number of hydrogen-bond acceptors (Lipinski definition) is 12. The number of nitrogens with one attached hydrogen (secondary N) is 2. The van der Waals surface area contributed by atoms with Crippen LogP contribution in [0.1, 0.15) is 0 Å². The smallest absolute Gasteiger partial charge is 0.744 e. The summed E-state index contributed by atoms with van der Waals surface area (Å²) in [6, 6.07) is 5.00. The minimum absolute atomic E-state index is 0. The second-order valence-electron chi connectivity index (χ2n) is 7.01. The summed E-state index contributed by atoms with van der Waals surface area (Å²) in [7, 11) is -10.1. The Kier molecular flexibility index (Phi) is 8.35. The first-order valence-corrected chi connectivity index (χ1v) is 13.3. The summed E-state index contributed by atoms with van der Waals surface area (Å²) in [4.78, 5) is 2.73. The van der Waals surface area contributed by atoms with E-state index in [2.05, 4.69) is 42.2 Å². The van der Waals surface area contributed by atoms with Crippen LogP contribution < -0.4 is 80.3 Å². The number of nitrogen functional groups attached to an aromatic ring is 1. The predicted molar refractivity (Wildman–Crippen MR) is 122 cm³/mol. The average Bonchev–Trinajstić information content (AvgIpc) is 2.73. The standard InChI is InChI=1S/C18H10Br2N4O8S2.2Na/c19-9-11-15(31-13-7(23-11)3-1-5(21)17(13)33(25,26)27)10(20)12-16(9)32-14-8(24-12)4-2-6(22)18(14)34(28,29)30;;/h1-4,21,24H,22H2,(H,25,26,27)(H,28,29,30);;/q;2*+1/p-2. The molecule has 2 aliphatic heterocycles. The van der Waals surface area contributed by atoms with Gasteiger partial charge in [0.05, 0.1) is 25.7 Å². The van der Waals surface area contributed by atoms with E-state index < -0.39 is 41.1 Å². The van der Waals surface area contributed by atoms with Crippen molar-refractivity contribution in [3.63, 3.8) is 0 Å². The van der Waals surface area contributed by atoms with Crippen LogP contribution in [0.15, 0.2) is 47.4 Å². The maximum Gasteiger partial charge on any atom is 1.00 e. The molecule has 2 aromatic rings. The number of aromatic nitrogens is 1. The quantitative estimate of drug-likeness (QED) is 0.0751. The van der Waals surface area contributed by atoms with Gasteiger partial charge in [-0.25, -0.2) is 21.8 Å². The van der Waals surface area contributed by atoms with E-state index in [9.17, 15) is 25.9 Å². The first-order chi connectivity index (χ1) is 15.8. The number of halogens is 2. The molecule has 0 saturated carbocycles. The number of hydrogen-bond donors (Lipinski definition) is 3. The molecule has 0 amide bonds. The third kappa shape index (κ3) is 4.76. The number of anilines is 3. The van der Waals surface area contributed by atoms with Crippen LogP contribution in [0.5, 0.6) is 11.5 Å². The van der Waals surface area contributed by atoms with Crippen molar-refractivity contribution < 1.29 is 94.2 Å². The van der Waals surface area contributed by atoms with Gasteiger partial charge in [0, 0.05) is 0 Å². The van der Waals surface area contributed by atoms with Gasteiger partial charge in [-0.3, -0.25) is 5.41 Å². The monoisotopic (exact) mass is 676 g/mol. The summed E-state index contributed by atoms with van der Waals surface area (Å²) in [5.41, 5.74) is 5.77. The van der Waals surface area contributed by atoms with E-state index in [-0.39, 0.29) is 113 Å². The van der Waals surface area contributed by atoms with Crippen molar-refractivity contribution in [1.29, 1.82) is 5.41 Å². The molecule has 0 atom stereocenters. The molecule has 12 nitrogen and oxygen atoms in total. The molecule has 0 spiro atoms. The Morgan fingerprint density at radius 3 is 2.19 bits per heavy atom. The summed E-state index contributed by atoms with van der Waals surface area (Å²) in [6.45, 7) is 0. The van der Waals surface area contributed by atoms with Crippen molar-refractivity contribution in [1.82, 2.24) is 4.98 Å². The van der Waals surface area contributed by atoms with Crippen LogP contribution in [0, 0.1) is 5.41 Å². The fourth-order valence-electron chi connectivity index (χ4n) is 3.52. The van der Waals surface area contributed by atoms with Crippen LogP contribution in [-0.4, -0.2) is 30.9 Å². The Labute approximate surface area is 264 Å². The molecule has 3 aliphatic rings. The summed E-state index contributed by atoms with van der Waals surface area (Å²) in [5.74, 6) is -0.698. The molecule has 0 saturated heterocycles. The first-order valence-electron chi connectivity index (χ1n) is 8.91. The zero-order valence-corrected chi connectivity index (χ0v) is 27.0. The van der Waals surface area contributed by atoms with E-state index in [4.69, 9.17) is 20.3 Å². The van der Waals surface area contributed by atoms with Gasteiger partial charge in [0.25, 0.3) is 0 Å². The van der Waals surface area contributed by atoms with E-state index >= 15 is 0 Å². The van der Waals surface area contributed by atoms with E-state index in [1.807, 2.05) is 0 Å². The molecule has 0 unspecified atom stereocenters. The molecule has 2 heterocycles. The van der Waals surface area contributed by atoms with Crippen molar-refractivity contribution in [2.45, 2.75) is 9.79 Å². The largest absolute Gasteiger partial charge is 1.00 e. The third-order valence-corrected chi connectivity index (χ3v) is 8.22. The number of nitrogens with zero attached hydrogens (tertiary/aromatic N) is 1. The van der Waals surface area contributed by atoms with Crippen molar-refractivity contribution >= 4 is 80.3 Å². The molecular weight excluding hydrogens is 670 g/mol. The SMILES string of the molecule is N=c1ccc2nc3c(Br)c4c(c(Br)c3oc-2c1S(=O)(=O)[O-])Nc1ccc(N)c(S(=O)(=O)[O-])c1O4.[Na+].[Na+]. The summed E-state index contributed by atoms with van der Waals surface area (Å²) in [5, 5.41) is 10.2. The van der Waals surface area contributed by atoms with Gasteiger partial charge in [-0.05, 0) is 56.1 Å². The van der Waals surface area contributed by atoms with Crippen LogP contribution in [0.2, 0.25) is 0 Å². The number of ether oxygens (including phenoxy) is 1. The summed E-state index contributed by atoms with van der Waals surface area (Å²) < 4.78 is 82.6. The maximum absolute atomic E-state index is 11.8. The van der Waals surface area contributed by atoms with Gasteiger partial charge in [0.2, 0.25) is 0 Å². The Bertz CT molecular complexity index is 1830. The van der Waals surface area contributed by atoms with Crippen molar-refractivity contribution in [3.05, 3.63) is 38.6 Å². The molecule has 0 aromatic heterocycles. The topological polar surface area (TPSA) is 212 Å². The van der Waals surface area contributed by atoms with Crippen molar-refractivity contribution in [3.8, 4) is 23.0 Å². The zero-order chi connectivity index (χ0) is 24.7. The Hall–Kier alpha value is -0.760. The van der Waals surface area contributed by atoms with Crippen molar-refractivity contribution in [2.24, 2.45) is 0 Å². The molecule has 1 aliphatic carbocycles. The zero-order valence-electron chi connectivity index (χ0n) is 18.2. The van der Waals surface area contributed by atoms with Gasteiger partial charge in [-0.2, -0.15) is 0 Å². The molecule has 5 rings (SSSR count). The van der Waals surface area contributed by atoms with Crippen LogP contribution >= 0.6 is 31.9 Å². The number of benzene rings is 3. The summed E-state index contributed by atoms with van der Waals surface area (Å²) >= 11 is 6.65. The number of nitrogens with two attached hydrogens (primary N) is 1. The van der Waals surface area contributed by atoms with E-state index in [0.717, 1.165) is 6.07 Å². The van der Waals surface area contributed by atoms with E-state index in [1.54, 1.807) is 0 Å². The van der Waals surface area contributed by atoms with Gasteiger partial charge in [-0.15, -0.1) is 0 Å². The third-order valence-electron chi connectivity index (χ3n) is 4.90. The molecule has 176 valence electrons. The molecule has 2 aromatic carbocycles. The normalized spacial score (nSPS) is 12.6. The van der Waals surface area contributed by atoms with Gasteiger partial charge >= 0.3 is 59.1 Å². The van der Waals surface area contributed by atoms with Crippen molar-refractivity contribution in [2.75, 3.05) is 11.1 Å². The molecule has 4 N–H and O–H groups in total. The van der Waals surface area contributed by atoms with Gasteiger partial charge < -0.3 is 29.3 Å². The minimum Gasteiger partial charge on any atom is -0.744 e. The van der Waals surface area contributed by atoms with Gasteiger partial charge in [0.15, 0.2) is 22.8 Å². The fraction of sp³-hybridized carbons (Fsp3) is 0. The predicted octanol–water partition coefficient (Wildman–Crippen LogP) is -2.82. The second kappa shape index (κ2) is 10.1. The van der Waals surface area contributed by atoms with E-state index in [0.29, 0.717) is 0 Å². The fourth-order valence-corrected chi connectivity index (χ4v) is 6.06. The molecule has 18 heteroatoms. The Morgan fingerprint density at radius 1 is 0.944 bits per heavy atom. The number of rotatable bonds is 2. The van der Waals surface area contributed by atoms with Crippen LogP contribution in [0.3, 0.4) is 0 Å².